The highest BCUT2D eigenvalue weighted by molar-refractivity contribution is 7.99. The minimum absolute atomic E-state index is 0.376. The molecule has 5 nitrogen and oxygen atoms in total. The van der Waals surface area contributed by atoms with Crippen LogP contribution in [0.2, 0.25) is 5.02 Å². The van der Waals surface area contributed by atoms with Crippen LogP contribution in [0, 0.1) is 5.82 Å². The second kappa shape index (κ2) is 8.55. The zero-order chi connectivity index (χ0) is 18.4. The summed E-state index contributed by atoms with van der Waals surface area (Å²) in [6.07, 6.45) is 1.39. The summed E-state index contributed by atoms with van der Waals surface area (Å²) in [6, 6.07) is 15.8. The SMILES string of the molecule is O=C(N/N=C/c1ccc(Sc2ccc(Cl)cc2)o1)Nc1ccc(F)cc1. The Morgan fingerprint density at radius 1 is 1.08 bits per heavy atom. The summed E-state index contributed by atoms with van der Waals surface area (Å²) in [6.45, 7) is 0. The van der Waals surface area contributed by atoms with Gasteiger partial charge in [0.05, 0.1) is 6.21 Å². The maximum Gasteiger partial charge on any atom is 0.339 e. The number of hydrazone groups is 1. The largest absolute Gasteiger partial charge is 0.448 e. The first-order valence-corrected chi connectivity index (χ1v) is 8.67. The van der Waals surface area contributed by atoms with Gasteiger partial charge in [-0.05, 0) is 60.7 Å². The molecule has 0 saturated carbocycles. The van der Waals surface area contributed by atoms with E-state index < -0.39 is 6.03 Å². The zero-order valence-corrected chi connectivity index (χ0v) is 14.9. The fraction of sp³-hybridized carbons (Fsp3) is 0. The lowest BCUT2D eigenvalue weighted by molar-refractivity contribution is 0.252. The van der Waals surface area contributed by atoms with E-state index in [0.717, 1.165) is 4.90 Å². The van der Waals surface area contributed by atoms with Crippen molar-refractivity contribution in [2.24, 2.45) is 5.10 Å². The average Bonchev–Trinajstić information content (AvgIpc) is 3.06. The summed E-state index contributed by atoms with van der Waals surface area (Å²) in [5.74, 6) is 0.114. The molecule has 0 aliphatic carbocycles. The van der Waals surface area contributed by atoms with Crippen LogP contribution in [0.15, 0.2) is 80.2 Å². The first kappa shape index (κ1) is 18.0. The molecule has 0 saturated heterocycles. The van der Waals surface area contributed by atoms with Crippen molar-refractivity contribution in [1.29, 1.82) is 0 Å². The third-order valence-corrected chi connectivity index (χ3v) is 4.27. The van der Waals surface area contributed by atoms with Gasteiger partial charge in [0.25, 0.3) is 0 Å². The molecule has 0 spiro atoms. The lowest BCUT2D eigenvalue weighted by atomic mass is 10.3. The lowest BCUT2D eigenvalue weighted by Gasteiger charge is -2.03. The molecular weight excluding hydrogens is 377 g/mol. The molecule has 0 aliphatic rings. The molecule has 0 radical (unpaired) electrons. The van der Waals surface area contributed by atoms with Crippen molar-refractivity contribution < 1.29 is 13.6 Å². The number of benzene rings is 2. The van der Waals surface area contributed by atoms with Crippen molar-refractivity contribution in [3.05, 3.63) is 77.3 Å². The highest BCUT2D eigenvalue weighted by Crippen LogP contribution is 2.29. The van der Waals surface area contributed by atoms with Gasteiger partial charge in [0.2, 0.25) is 0 Å². The molecule has 3 aromatic rings. The van der Waals surface area contributed by atoms with Crippen molar-refractivity contribution in [3.8, 4) is 0 Å². The van der Waals surface area contributed by atoms with E-state index in [1.165, 1.54) is 42.2 Å². The first-order chi connectivity index (χ1) is 12.6. The highest BCUT2D eigenvalue weighted by atomic mass is 35.5. The van der Waals surface area contributed by atoms with Crippen LogP contribution in [0.1, 0.15) is 5.76 Å². The number of furan rings is 1. The number of nitrogens with one attached hydrogen (secondary N) is 2. The van der Waals surface area contributed by atoms with Gasteiger partial charge in [0.1, 0.15) is 11.6 Å². The van der Waals surface area contributed by atoms with E-state index >= 15 is 0 Å². The van der Waals surface area contributed by atoms with Crippen molar-refractivity contribution in [3.63, 3.8) is 0 Å². The van der Waals surface area contributed by atoms with Gasteiger partial charge in [0, 0.05) is 15.6 Å². The molecule has 1 aromatic heterocycles. The topological polar surface area (TPSA) is 66.6 Å². The molecule has 0 atom stereocenters. The van der Waals surface area contributed by atoms with E-state index in [2.05, 4.69) is 15.8 Å². The summed E-state index contributed by atoms with van der Waals surface area (Å²) >= 11 is 7.30. The second-order valence-electron chi connectivity index (χ2n) is 5.04. The molecule has 2 amide bonds. The van der Waals surface area contributed by atoms with Crippen LogP contribution in [0.4, 0.5) is 14.9 Å². The maximum absolute atomic E-state index is 12.8. The third-order valence-electron chi connectivity index (χ3n) is 3.09. The number of nitrogens with zero attached hydrogens (tertiary/aromatic N) is 1. The molecule has 0 fully saturated rings. The minimum atomic E-state index is -0.546. The van der Waals surface area contributed by atoms with Crippen LogP contribution >= 0.6 is 23.4 Å². The smallest absolute Gasteiger partial charge is 0.339 e. The number of carbonyl (C=O) groups excluding carboxylic acids is 1. The standard InChI is InChI=1S/C18H13ClFN3O2S/c19-12-1-8-16(9-2-12)26-17-10-7-15(25-17)11-21-23-18(24)22-14-5-3-13(20)4-6-14/h1-11H,(H2,22,23,24)/b21-11+. The Balaban J connectivity index is 1.51. The zero-order valence-electron chi connectivity index (χ0n) is 13.3. The fourth-order valence-electron chi connectivity index (χ4n) is 1.92. The summed E-state index contributed by atoms with van der Waals surface area (Å²) < 4.78 is 18.4. The molecule has 26 heavy (non-hydrogen) atoms. The van der Waals surface area contributed by atoms with Crippen LogP contribution < -0.4 is 10.7 Å². The van der Waals surface area contributed by atoms with Gasteiger partial charge >= 0.3 is 6.03 Å². The van der Waals surface area contributed by atoms with Crippen LogP contribution in [0.3, 0.4) is 0 Å². The lowest BCUT2D eigenvalue weighted by Crippen LogP contribution is -2.24. The Labute approximate surface area is 158 Å². The van der Waals surface area contributed by atoms with Gasteiger partial charge in [-0.3, -0.25) is 0 Å². The number of rotatable bonds is 5. The highest BCUT2D eigenvalue weighted by Gasteiger charge is 2.04. The van der Waals surface area contributed by atoms with E-state index in [9.17, 15) is 9.18 Å². The predicted molar refractivity (Wildman–Crippen MR) is 100 cm³/mol. The Kier molecular flexibility index (Phi) is 5.93. The number of hydrogen-bond acceptors (Lipinski definition) is 4. The van der Waals surface area contributed by atoms with E-state index in [0.29, 0.717) is 21.6 Å². The van der Waals surface area contributed by atoms with Crippen LogP contribution in [0.25, 0.3) is 0 Å². The quantitative estimate of drug-likeness (QED) is 0.454. The molecule has 2 aromatic carbocycles. The summed E-state index contributed by atoms with van der Waals surface area (Å²) in [4.78, 5) is 12.7. The molecule has 0 unspecified atom stereocenters. The molecule has 0 bridgehead atoms. The second-order valence-corrected chi connectivity index (χ2v) is 6.56. The molecular formula is C18H13ClFN3O2S. The molecule has 0 aliphatic heterocycles. The van der Waals surface area contributed by atoms with Gasteiger partial charge < -0.3 is 9.73 Å². The molecule has 2 N–H and O–H groups in total. The number of hydrogen-bond donors (Lipinski definition) is 2. The number of carbonyl (C=O) groups is 1. The van der Waals surface area contributed by atoms with Gasteiger partial charge in [-0.1, -0.05) is 23.4 Å². The van der Waals surface area contributed by atoms with E-state index in [-0.39, 0.29) is 5.82 Å². The Morgan fingerprint density at radius 2 is 1.81 bits per heavy atom. The number of urea groups is 1. The summed E-state index contributed by atoms with van der Waals surface area (Å²) in [5, 5.41) is 7.69. The number of anilines is 1. The molecule has 8 heteroatoms. The summed E-state index contributed by atoms with van der Waals surface area (Å²) in [5.41, 5.74) is 2.76. The van der Waals surface area contributed by atoms with Gasteiger partial charge in [-0.2, -0.15) is 5.10 Å². The first-order valence-electron chi connectivity index (χ1n) is 7.47. The molecule has 132 valence electrons. The van der Waals surface area contributed by atoms with E-state index in [1.54, 1.807) is 24.3 Å². The summed E-state index contributed by atoms with van der Waals surface area (Å²) in [7, 11) is 0. The van der Waals surface area contributed by atoms with Crippen molar-refractivity contribution in [2.45, 2.75) is 9.99 Å². The van der Waals surface area contributed by atoms with Crippen LogP contribution in [0.5, 0.6) is 0 Å². The number of amides is 2. The number of halogens is 2. The van der Waals surface area contributed by atoms with Crippen molar-refractivity contribution in [1.82, 2.24) is 5.43 Å². The van der Waals surface area contributed by atoms with E-state index in [4.69, 9.17) is 16.0 Å². The van der Waals surface area contributed by atoms with Crippen LogP contribution in [-0.2, 0) is 0 Å². The van der Waals surface area contributed by atoms with E-state index in [1.807, 2.05) is 12.1 Å². The van der Waals surface area contributed by atoms with Gasteiger partial charge in [-0.15, -0.1) is 0 Å². The third kappa shape index (κ3) is 5.37. The fourth-order valence-corrected chi connectivity index (χ4v) is 2.83. The normalized spacial score (nSPS) is 10.8. The Morgan fingerprint density at radius 3 is 2.54 bits per heavy atom. The van der Waals surface area contributed by atoms with Crippen molar-refractivity contribution >= 4 is 41.3 Å². The van der Waals surface area contributed by atoms with Crippen molar-refractivity contribution in [2.75, 3.05) is 5.32 Å². The average molecular weight is 390 g/mol. The Bertz CT molecular complexity index is 911. The monoisotopic (exact) mass is 389 g/mol. The van der Waals surface area contributed by atoms with Crippen LogP contribution in [-0.4, -0.2) is 12.2 Å². The predicted octanol–water partition coefficient (Wildman–Crippen LogP) is 5.38. The van der Waals surface area contributed by atoms with Gasteiger partial charge in [0.15, 0.2) is 5.09 Å². The Hall–Kier alpha value is -2.77. The van der Waals surface area contributed by atoms with Gasteiger partial charge in [-0.25, -0.2) is 14.6 Å². The molecule has 3 rings (SSSR count). The minimum Gasteiger partial charge on any atom is -0.448 e. The molecule has 1 heterocycles. The maximum atomic E-state index is 12.8.